The van der Waals surface area contributed by atoms with Crippen LogP contribution in [0.3, 0.4) is 0 Å². The summed E-state index contributed by atoms with van der Waals surface area (Å²) in [6, 6.07) is 14.8. The Balaban J connectivity index is 1.70. The molecule has 1 aliphatic rings. The van der Waals surface area contributed by atoms with Crippen molar-refractivity contribution in [2.24, 2.45) is 0 Å². The fourth-order valence-electron chi connectivity index (χ4n) is 3.34. The average molecular weight is 322 g/mol. The summed E-state index contributed by atoms with van der Waals surface area (Å²) >= 11 is 0. The summed E-state index contributed by atoms with van der Waals surface area (Å²) in [5, 5.41) is 2.43. The second kappa shape index (κ2) is 6.04. The van der Waals surface area contributed by atoms with E-state index in [1.807, 2.05) is 12.5 Å². The van der Waals surface area contributed by atoms with Gasteiger partial charge in [0, 0.05) is 30.9 Å². The van der Waals surface area contributed by atoms with Crippen LogP contribution in [0.4, 0.5) is 0 Å². The third-order valence-corrected chi connectivity index (χ3v) is 4.86. The molecule has 2 unspecified atom stereocenters. The summed E-state index contributed by atoms with van der Waals surface area (Å²) < 4.78 is 14.7. The normalized spacial score (nSPS) is 26.9. The third-order valence-electron chi connectivity index (χ3n) is 4.86. The third kappa shape index (κ3) is 2.72. The maximum Gasteiger partial charge on any atom is 0.197 e. The molecular weight excluding hydrogens is 300 g/mol. The molecule has 1 saturated heterocycles. The number of hydrogen-bond donors (Lipinski definition) is 0. The number of rotatable bonds is 4. The van der Waals surface area contributed by atoms with Gasteiger partial charge in [-0.3, -0.25) is 0 Å². The maximum atomic E-state index is 6.34. The van der Waals surface area contributed by atoms with E-state index < -0.39 is 5.79 Å². The zero-order valence-electron chi connectivity index (χ0n) is 14.1. The standard InChI is InChI=1S/C20H22N2O2/c1-15-16(2)24-20(23-15,9-11-22-12-10-21-14-22)19-8-7-17-5-3-4-6-18(17)13-19/h3-8,10,12-16H,9,11H2,1-2H3. The number of ether oxygens (including phenoxy) is 2. The van der Waals surface area contributed by atoms with Gasteiger partial charge in [0.1, 0.15) is 0 Å². The lowest BCUT2D eigenvalue weighted by Gasteiger charge is -2.29. The minimum absolute atomic E-state index is 0.0688. The Morgan fingerprint density at radius 2 is 1.79 bits per heavy atom. The van der Waals surface area contributed by atoms with Gasteiger partial charge in [0.2, 0.25) is 0 Å². The maximum absolute atomic E-state index is 6.34. The SMILES string of the molecule is CC1OC(CCn2ccnc2)(c2ccc3ccccc3c2)OC1C. The molecule has 1 aromatic heterocycles. The van der Waals surface area contributed by atoms with Crippen molar-refractivity contribution >= 4 is 10.8 Å². The van der Waals surface area contributed by atoms with Gasteiger partial charge in [-0.1, -0.05) is 36.4 Å². The predicted molar refractivity (Wildman–Crippen MR) is 93.6 cm³/mol. The second-order valence-corrected chi connectivity index (χ2v) is 6.51. The van der Waals surface area contributed by atoms with Gasteiger partial charge in [0.15, 0.2) is 5.79 Å². The molecule has 0 N–H and O–H groups in total. The molecule has 3 aromatic rings. The number of imidazole rings is 1. The van der Waals surface area contributed by atoms with Crippen molar-refractivity contribution in [3.8, 4) is 0 Å². The number of nitrogens with zero attached hydrogens (tertiary/aromatic N) is 2. The van der Waals surface area contributed by atoms with Gasteiger partial charge in [-0.05, 0) is 30.7 Å². The molecule has 4 nitrogen and oxygen atoms in total. The van der Waals surface area contributed by atoms with Crippen molar-refractivity contribution in [1.29, 1.82) is 0 Å². The van der Waals surface area contributed by atoms with Crippen molar-refractivity contribution in [3.05, 3.63) is 66.7 Å². The van der Waals surface area contributed by atoms with Gasteiger partial charge < -0.3 is 14.0 Å². The Morgan fingerprint density at radius 3 is 2.50 bits per heavy atom. The van der Waals surface area contributed by atoms with E-state index in [4.69, 9.17) is 9.47 Å². The monoisotopic (exact) mass is 322 g/mol. The summed E-state index contributed by atoms with van der Waals surface area (Å²) in [5.41, 5.74) is 1.08. The van der Waals surface area contributed by atoms with Crippen molar-refractivity contribution in [1.82, 2.24) is 9.55 Å². The van der Waals surface area contributed by atoms with Crippen LogP contribution in [0, 0.1) is 0 Å². The van der Waals surface area contributed by atoms with Crippen LogP contribution in [-0.4, -0.2) is 21.8 Å². The number of fused-ring (bicyclic) bond motifs is 1. The lowest BCUT2D eigenvalue weighted by Crippen LogP contribution is -2.29. The Morgan fingerprint density at radius 1 is 1.04 bits per heavy atom. The van der Waals surface area contributed by atoms with E-state index >= 15 is 0 Å². The van der Waals surface area contributed by atoms with E-state index in [0.717, 1.165) is 18.5 Å². The van der Waals surface area contributed by atoms with Gasteiger partial charge in [0.05, 0.1) is 18.5 Å². The van der Waals surface area contributed by atoms with Crippen molar-refractivity contribution in [3.63, 3.8) is 0 Å². The van der Waals surface area contributed by atoms with Gasteiger partial charge in [0.25, 0.3) is 0 Å². The Kier molecular flexibility index (Phi) is 3.87. The zero-order chi connectivity index (χ0) is 16.6. The van der Waals surface area contributed by atoms with Crippen LogP contribution in [0.2, 0.25) is 0 Å². The molecule has 0 spiro atoms. The molecular formula is C20H22N2O2. The molecule has 0 radical (unpaired) electrons. The van der Waals surface area contributed by atoms with Crippen molar-refractivity contribution in [2.45, 2.75) is 44.8 Å². The van der Waals surface area contributed by atoms with Crippen molar-refractivity contribution < 1.29 is 9.47 Å². The number of hydrogen-bond acceptors (Lipinski definition) is 3. The molecule has 1 fully saturated rings. The van der Waals surface area contributed by atoms with E-state index in [-0.39, 0.29) is 12.2 Å². The van der Waals surface area contributed by atoms with Gasteiger partial charge >= 0.3 is 0 Å². The molecule has 4 heteroatoms. The number of aromatic nitrogens is 2. The van der Waals surface area contributed by atoms with E-state index in [2.05, 4.69) is 65.9 Å². The average Bonchev–Trinajstić information content (AvgIpc) is 3.22. The Hall–Kier alpha value is -2.17. The molecule has 1 aliphatic heterocycles. The topological polar surface area (TPSA) is 36.3 Å². The highest BCUT2D eigenvalue weighted by Crippen LogP contribution is 2.41. The molecule has 0 bridgehead atoms. The molecule has 24 heavy (non-hydrogen) atoms. The molecule has 4 rings (SSSR count). The van der Waals surface area contributed by atoms with Crippen LogP contribution < -0.4 is 0 Å². The van der Waals surface area contributed by atoms with Crippen LogP contribution in [0.1, 0.15) is 25.8 Å². The van der Waals surface area contributed by atoms with Gasteiger partial charge in [-0.2, -0.15) is 0 Å². The van der Waals surface area contributed by atoms with Crippen LogP contribution in [0.5, 0.6) is 0 Å². The predicted octanol–water partition coefficient (Wildman–Crippen LogP) is 4.10. The summed E-state index contributed by atoms with van der Waals surface area (Å²) in [6.45, 7) is 4.95. The zero-order valence-corrected chi connectivity index (χ0v) is 14.1. The first kappa shape index (κ1) is 15.4. The minimum Gasteiger partial charge on any atom is -0.340 e. The fourth-order valence-corrected chi connectivity index (χ4v) is 3.34. The first-order valence-electron chi connectivity index (χ1n) is 8.47. The minimum atomic E-state index is -0.701. The van der Waals surface area contributed by atoms with Crippen LogP contribution in [0.15, 0.2) is 61.2 Å². The molecule has 2 atom stereocenters. The summed E-state index contributed by atoms with van der Waals surface area (Å²) in [5.74, 6) is -0.701. The smallest absolute Gasteiger partial charge is 0.197 e. The summed E-state index contributed by atoms with van der Waals surface area (Å²) in [4.78, 5) is 4.12. The van der Waals surface area contributed by atoms with Gasteiger partial charge in [-0.25, -0.2) is 4.98 Å². The van der Waals surface area contributed by atoms with E-state index in [9.17, 15) is 0 Å². The molecule has 0 amide bonds. The molecule has 0 saturated carbocycles. The van der Waals surface area contributed by atoms with Crippen LogP contribution in [-0.2, 0) is 21.8 Å². The van der Waals surface area contributed by atoms with E-state index in [1.54, 1.807) is 6.20 Å². The quantitative estimate of drug-likeness (QED) is 0.725. The van der Waals surface area contributed by atoms with Gasteiger partial charge in [-0.15, -0.1) is 0 Å². The van der Waals surface area contributed by atoms with E-state index in [0.29, 0.717) is 0 Å². The fraction of sp³-hybridized carbons (Fsp3) is 0.350. The molecule has 124 valence electrons. The van der Waals surface area contributed by atoms with Crippen LogP contribution >= 0.6 is 0 Å². The summed E-state index contributed by atoms with van der Waals surface area (Å²) in [6.07, 6.45) is 6.48. The number of aryl methyl sites for hydroxylation is 1. The molecule has 0 aliphatic carbocycles. The van der Waals surface area contributed by atoms with Crippen LogP contribution in [0.25, 0.3) is 10.8 Å². The Bertz CT molecular complexity index is 819. The number of benzene rings is 2. The lowest BCUT2D eigenvalue weighted by molar-refractivity contribution is -0.188. The summed E-state index contributed by atoms with van der Waals surface area (Å²) in [7, 11) is 0. The lowest BCUT2D eigenvalue weighted by atomic mass is 9.98. The van der Waals surface area contributed by atoms with Crippen molar-refractivity contribution in [2.75, 3.05) is 0 Å². The van der Waals surface area contributed by atoms with E-state index in [1.165, 1.54) is 10.8 Å². The molecule has 2 heterocycles. The highest BCUT2D eigenvalue weighted by Gasteiger charge is 2.45. The largest absolute Gasteiger partial charge is 0.340 e. The highest BCUT2D eigenvalue weighted by molar-refractivity contribution is 5.83. The highest BCUT2D eigenvalue weighted by atomic mass is 16.8. The first-order valence-corrected chi connectivity index (χ1v) is 8.47. The Labute approximate surface area is 142 Å². The first-order chi connectivity index (χ1) is 11.7. The molecule has 2 aromatic carbocycles. The second-order valence-electron chi connectivity index (χ2n) is 6.51.